The molecule has 0 bridgehead atoms. The van der Waals surface area contributed by atoms with E-state index in [1.165, 1.54) is 5.56 Å². The van der Waals surface area contributed by atoms with Crippen molar-refractivity contribution in [2.75, 3.05) is 33.3 Å². The lowest BCUT2D eigenvalue weighted by molar-refractivity contribution is 0.150. The van der Waals surface area contributed by atoms with Gasteiger partial charge < -0.3 is 15.3 Å². The van der Waals surface area contributed by atoms with E-state index < -0.39 is 0 Å². The van der Waals surface area contributed by atoms with E-state index in [0.29, 0.717) is 18.6 Å². The molecule has 0 amide bonds. The summed E-state index contributed by atoms with van der Waals surface area (Å²) in [4.78, 5) is 2.49. The van der Waals surface area contributed by atoms with Crippen molar-refractivity contribution in [3.05, 3.63) is 35.9 Å². The largest absolute Gasteiger partial charge is 0.396 e. The Labute approximate surface area is 123 Å². The molecule has 2 unspecified atom stereocenters. The Morgan fingerprint density at radius 3 is 2.60 bits per heavy atom. The number of nitrogens with zero attached hydrogens (tertiary/aromatic N) is 1. The molecule has 2 atom stereocenters. The van der Waals surface area contributed by atoms with E-state index >= 15 is 0 Å². The highest BCUT2D eigenvalue weighted by Gasteiger charge is 2.33. The number of hydrogen-bond donors (Lipinski definition) is 2. The fraction of sp³-hybridized carbons (Fsp3) is 0.647. The maximum Gasteiger partial charge on any atom is 0.0471 e. The van der Waals surface area contributed by atoms with E-state index in [1.54, 1.807) is 0 Å². The van der Waals surface area contributed by atoms with Gasteiger partial charge in [0, 0.05) is 25.7 Å². The van der Waals surface area contributed by atoms with Crippen molar-refractivity contribution in [1.82, 2.24) is 10.2 Å². The highest BCUT2D eigenvalue weighted by atomic mass is 16.3. The molecule has 1 saturated heterocycles. The van der Waals surface area contributed by atoms with Crippen LogP contribution in [0.15, 0.2) is 30.3 Å². The van der Waals surface area contributed by atoms with Crippen LogP contribution >= 0.6 is 0 Å². The number of aliphatic hydroxyl groups is 1. The Morgan fingerprint density at radius 1 is 1.35 bits per heavy atom. The number of nitrogens with one attached hydrogen (secondary N) is 1. The number of rotatable bonds is 6. The van der Waals surface area contributed by atoms with Crippen LogP contribution in [0.3, 0.4) is 0 Å². The predicted molar refractivity (Wildman–Crippen MR) is 83.7 cm³/mol. The van der Waals surface area contributed by atoms with E-state index in [9.17, 15) is 5.11 Å². The van der Waals surface area contributed by atoms with Crippen LogP contribution < -0.4 is 5.32 Å². The number of likely N-dealkylation sites (tertiary alicyclic amines) is 1. The third-order valence-corrected chi connectivity index (χ3v) is 4.46. The number of benzene rings is 1. The van der Waals surface area contributed by atoms with Gasteiger partial charge in [-0.2, -0.15) is 0 Å². The second-order valence-corrected chi connectivity index (χ2v) is 6.69. The molecule has 1 heterocycles. The fourth-order valence-corrected chi connectivity index (χ4v) is 3.53. The van der Waals surface area contributed by atoms with Gasteiger partial charge in [0.15, 0.2) is 0 Å². The van der Waals surface area contributed by atoms with Gasteiger partial charge in [-0.3, -0.25) is 0 Å². The van der Waals surface area contributed by atoms with Crippen LogP contribution in [0.25, 0.3) is 0 Å². The molecule has 0 aromatic heterocycles. The molecule has 0 radical (unpaired) electrons. The number of aliphatic hydroxyl groups excluding tert-OH is 1. The quantitative estimate of drug-likeness (QED) is 0.837. The summed E-state index contributed by atoms with van der Waals surface area (Å²) < 4.78 is 0. The third kappa shape index (κ3) is 3.60. The van der Waals surface area contributed by atoms with Gasteiger partial charge in [0.2, 0.25) is 0 Å². The van der Waals surface area contributed by atoms with Gasteiger partial charge in [0.05, 0.1) is 0 Å². The zero-order valence-corrected chi connectivity index (χ0v) is 13.0. The average molecular weight is 276 g/mol. The van der Waals surface area contributed by atoms with Crippen molar-refractivity contribution in [3.63, 3.8) is 0 Å². The SMILES string of the molecule is CNC(c1ccccc1)C(C)(C)CN1CCC(CO)C1. The van der Waals surface area contributed by atoms with Gasteiger partial charge in [-0.05, 0) is 36.9 Å². The van der Waals surface area contributed by atoms with Crippen LogP contribution in [0.1, 0.15) is 31.9 Å². The molecule has 1 aliphatic heterocycles. The van der Waals surface area contributed by atoms with Gasteiger partial charge in [0.1, 0.15) is 0 Å². The Balaban J connectivity index is 2.04. The first-order valence-corrected chi connectivity index (χ1v) is 7.62. The molecule has 1 aromatic carbocycles. The molecule has 3 nitrogen and oxygen atoms in total. The molecule has 0 aliphatic carbocycles. The molecular weight excluding hydrogens is 248 g/mol. The molecule has 2 N–H and O–H groups in total. The molecule has 3 heteroatoms. The van der Waals surface area contributed by atoms with Gasteiger partial charge >= 0.3 is 0 Å². The topological polar surface area (TPSA) is 35.5 Å². The van der Waals surface area contributed by atoms with E-state index in [1.807, 2.05) is 7.05 Å². The van der Waals surface area contributed by atoms with Crippen LogP contribution in [-0.4, -0.2) is 43.3 Å². The number of hydrogen-bond acceptors (Lipinski definition) is 3. The molecular formula is C17H28N2O. The summed E-state index contributed by atoms with van der Waals surface area (Å²) >= 11 is 0. The van der Waals surface area contributed by atoms with Gasteiger partial charge in [-0.15, -0.1) is 0 Å². The van der Waals surface area contributed by atoms with Crippen LogP contribution in [0, 0.1) is 11.3 Å². The molecule has 0 saturated carbocycles. The zero-order valence-electron chi connectivity index (χ0n) is 13.0. The van der Waals surface area contributed by atoms with Crippen molar-refractivity contribution >= 4 is 0 Å². The second-order valence-electron chi connectivity index (χ2n) is 6.69. The van der Waals surface area contributed by atoms with E-state index in [2.05, 4.69) is 54.4 Å². The molecule has 2 rings (SSSR count). The first kappa shape index (κ1) is 15.5. The summed E-state index contributed by atoms with van der Waals surface area (Å²) in [7, 11) is 2.04. The predicted octanol–water partition coefficient (Wildman–Crippen LogP) is 2.29. The molecule has 1 aromatic rings. The monoisotopic (exact) mass is 276 g/mol. The smallest absolute Gasteiger partial charge is 0.0471 e. The lowest BCUT2D eigenvalue weighted by Gasteiger charge is -2.38. The van der Waals surface area contributed by atoms with Crippen LogP contribution in [0.5, 0.6) is 0 Å². The Kier molecular flexibility index (Phi) is 5.19. The summed E-state index contributed by atoms with van der Waals surface area (Å²) in [5.74, 6) is 0.468. The van der Waals surface area contributed by atoms with E-state index in [-0.39, 0.29) is 5.41 Å². The zero-order chi connectivity index (χ0) is 14.6. The van der Waals surface area contributed by atoms with Crippen LogP contribution in [0.2, 0.25) is 0 Å². The fourth-order valence-electron chi connectivity index (χ4n) is 3.53. The minimum atomic E-state index is 0.153. The minimum Gasteiger partial charge on any atom is -0.396 e. The van der Waals surface area contributed by atoms with Gasteiger partial charge in [-0.25, -0.2) is 0 Å². The normalized spacial score (nSPS) is 22.1. The Bertz CT molecular complexity index is 405. The highest BCUT2D eigenvalue weighted by molar-refractivity contribution is 5.21. The van der Waals surface area contributed by atoms with Gasteiger partial charge in [-0.1, -0.05) is 44.2 Å². The lowest BCUT2D eigenvalue weighted by Crippen LogP contribution is -2.41. The minimum absolute atomic E-state index is 0.153. The van der Waals surface area contributed by atoms with Crippen LogP contribution in [-0.2, 0) is 0 Å². The first-order valence-electron chi connectivity index (χ1n) is 7.62. The van der Waals surface area contributed by atoms with Crippen molar-refractivity contribution in [2.45, 2.75) is 26.3 Å². The summed E-state index contributed by atoms with van der Waals surface area (Å²) in [5.41, 5.74) is 1.50. The molecule has 20 heavy (non-hydrogen) atoms. The lowest BCUT2D eigenvalue weighted by atomic mass is 9.80. The van der Waals surface area contributed by atoms with Crippen LogP contribution in [0.4, 0.5) is 0 Å². The first-order chi connectivity index (χ1) is 9.56. The summed E-state index contributed by atoms with van der Waals surface area (Å²) in [6, 6.07) is 11.0. The molecule has 112 valence electrons. The third-order valence-electron chi connectivity index (χ3n) is 4.46. The maximum absolute atomic E-state index is 9.28. The summed E-state index contributed by atoms with van der Waals surface area (Å²) in [6.07, 6.45) is 1.13. The van der Waals surface area contributed by atoms with E-state index in [4.69, 9.17) is 0 Å². The average Bonchev–Trinajstić information content (AvgIpc) is 2.87. The second kappa shape index (κ2) is 6.70. The van der Waals surface area contributed by atoms with Gasteiger partial charge in [0.25, 0.3) is 0 Å². The summed E-state index contributed by atoms with van der Waals surface area (Å²) in [6.45, 7) is 8.18. The highest BCUT2D eigenvalue weighted by Crippen LogP contribution is 2.35. The summed E-state index contributed by atoms with van der Waals surface area (Å²) in [5, 5.41) is 12.8. The standard InChI is InChI=1S/C17H28N2O/c1-17(2,13-19-10-9-14(11-19)12-20)16(18-3)15-7-5-4-6-8-15/h4-8,14,16,18,20H,9-13H2,1-3H3. The molecule has 1 aliphatic rings. The maximum atomic E-state index is 9.28. The molecule has 0 spiro atoms. The van der Waals surface area contributed by atoms with Crippen molar-refractivity contribution < 1.29 is 5.11 Å². The van der Waals surface area contributed by atoms with E-state index in [0.717, 1.165) is 26.1 Å². The molecule has 1 fully saturated rings. The van der Waals surface area contributed by atoms with Crippen molar-refractivity contribution in [1.29, 1.82) is 0 Å². The van der Waals surface area contributed by atoms with Crippen molar-refractivity contribution in [3.8, 4) is 0 Å². The van der Waals surface area contributed by atoms with Crippen molar-refractivity contribution in [2.24, 2.45) is 11.3 Å². The Morgan fingerprint density at radius 2 is 2.05 bits per heavy atom. The Hall–Kier alpha value is -0.900.